The van der Waals surface area contributed by atoms with E-state index in [4.69, 9.17) is 28.9 Å². The van der Waals surface area contributed by atoms with Gasteiger partial charge in [0.2, 0.25) is 0 Å². The topological polar surface area (TPSA) is 29.3 Å². The predicted octanol–water partition coefficient (Wildman–Crippen LogP) is 3.09. The summed E-state index contributed by atoms with van der Waals surface area (Å²) >= 11 is 12.0. The van der Waals surface area contributed by atoms with Gasteiger partial charge < -0.3 is 5.73 Å². The summed E-state index contributed by atoms with van der Waals surface area (Å²) in [7, 11) is 0. The molecule has 0 aromatic heterocycles. The summed E-state index contributed by atoms with van der Waals surface area (Å²) in [5.41, 5.74) is 7.28. The molecule has 0 aliphatic carbocycles. The van der Waals surface area contributed by atoms with Gasteiger partial charge in [-0.1, -0.05) is 30.1 Å². The highest BCUT2D eigenvalue weighted by Crippen LogP contribution is 2.33. The zero-order valence-electron chi connectivity index (χ0n) is 9.29. The Morgan fingerprint density at radius 2 is 1.94 bits per heavy atom. The summed E-state index contributed by atoms with van der Waals surface area (Å²) in [5, 5.41) is 1.36. The highest BCUT2D eigenvalue weighted by atomic mass is 35.5. The van der Waals surface area contributed by atoms with Crippen molar-refractivity contribution in [2.75, 3.05) is 13.1 Å². The Bertz CT molecular complexity index is 361. The quantitative estimate of drug-likeness (QED) is 0.884. The molecule has 0 saturated carbocycles. The molecule has 0 amide bonds. The van der Waals surface area contributed by atoms with Crippen LogP contribution in [0.1, 0.15) is 24.9 Å². The van der Waals surface area contributed by atoms with Crippen LogP contribution in [0.5, 0.6) is 0 Å². The van der Waals surface area contributed by atoms with E-state index < -0.39 is 0 Å². The number of benzene rings is 1. The molecule has 0 spiro atoms. The molecule has 2 atom stereocenters. The number of rotatable bonds is 2. The fraction of sp³-hybridized carbons (Fsp3) is 0.500. The third kappa shape index (κ3) is 2.35. The molecule has 16 heavy (non-hydrogen) atoms. The molecule has 1 heterocycles. The van der Waals surface area contributed by atoms with E-state index in [9.17, 15) is 0 Å². The van der Waals surface area contributed by atoms with Gasteiger partial charge in [-0.3, -0.25) is 4.90 Å². The Hall–Kier alpha value is -0.280. The number of halogens is 2. The van der Waals surface area contributed by atoms with Crippen LogP contribution in [-0.4, -0.2) is 24.0 Å². The molecule has 1 aromatic carbocycles. The molecule has 2 rings (SSSR count). The van der Waals surface area contributed by atoms with Gasteiger partial charge in [0.25, 0.3) is 0 Å². The third-order valence-corrected chi connectivity index (χ3v) is 3.62. The Labute approximate surface area is 106 Å². The summed E-state index contributed by atoms with van der Waals surface area (Å²) in [6, 6.07) is 6.11. The average molecular weight is 259 g/mol. The second-order valence-electron chi connectivity index (χ2n) is 4.23. The monoisotopic (exact) mass is 258 g/mol. The molecule has 88 valence electrons. The first kappa shape index (κ1) is 12.2. The molecule has 1 saturated heterocycles. The van der Waals surface area contributed by atoms with Crippen LogP contribution in [-0.2, 0) is 0 Å². The lowest BCUT2D eigenvalue weighted by Crippen LogP contribution is -2.31. The minimum Gasteiger partial charge on any atom is -0.326 e. The molecule has 2 N–H and O–H groups in total. The highest BCUT2D eigenvalue weighted by Gasteiger charge is 2.31. The van der Waals surface area contributed by atoms with Crippen LogP contribution in [0.15, 0.2) is 18.2 Å². The zero-order chi connectivity index (χ0) is 11.7. The van der Waals surface area contributed by atoms with Gasteiger partial charge in [0.1, 0.15) is 0 Å². The van der Waals surface area contributed by atoms with Gasteiger partial charge in [-0.05, 0) is 36.7 Å². The maximum Gasteiger partial charge on any atom is 0.0500 e. The van der Waals surface area contributed by atoms with Crippen molar-refractivity contribution in [3.05, 3.63) is 33.8 Å². The highest BCUT2D eigenvalue weighted by molar-refractivity contribution is 6.34. The smallest absolute Gasteiger partial charge is 0.0500 e. The Morgan fingerprint density at radius 1 is 1.31 bits per heavy atom. The summed E-state index contributed by atoms with van der Waals surface area (Å²) in [6.45, 7) is 4.20. The molecule has 2 nitrogen and oxygen atoms in total. The van der Waals surface area contributed by atoms with E-state index in [1.165, 1.54) is 0 Å². The van der Waals surface area contributed by atoms with Gasteiger partial charge in [-0.15, -0.1) is 0 Å². The van der Waals surface area contributed by atoms with Crippen molar-refractivity contribution in [1.82, 2.24) is 4.90 Å². The van der Waals surface area contributed by atoms with E-state index in [1.807, 2.05) is 12.1 Å². The van der Waals surface area contributed by atoms with Gasteiger partial charge in [0.05, 0.1) is 6.04 Å². The number of nitrogens with two attached hydrogens (primary N) is 1. The lowest BCUT2D eigenvalue weighted by Gasteiger charge is -2.26. The first-order chi connectivity index (χ1) is 7.61. The minimum atomic E-state index is 0.175. The molecule has 1 fully saturated rings. The fourth-order valence-electron chi connectivity index (χ4n) is 2.44. The molecule has 1 aliphatic rings. The maximum absolute atomic E-state index is 6.15. The van der Waals surface area contributed by atoms with Crippen molar-refractivity contribution in [3.63, 3.8) is 0 Å². The van der Waals surface area contributed by atoms with E-state index in [0.717, 1.165) is 25.1 Å². The van der Waals surface area contributed by atoms with Crippen molar-refractivity contribution in [2.45, 2.75) is 25.4 Å². The van der Waals surface area contributed by atoms with Crippen molar-refractivity contribution < 1.29 is 0 Å². The van der Waals surface area contributed by atoms with Crippen molar-refractivity contribution in [3.8, 4) is 0 Å². The van der Waals surface area contributed by atoms with Gasteiger partial charge >= 0.3 is 0 Å². The molecular formula is C12H16Cl2N2. The van der Waals surface area contributed by atoms with Gasteiger partial charge in [-0.2, -0.15) is 0 Å². The number of hydrogen-bond donors (Lipinski definition) is 1. The van der Waals surface area contributed by atoms with E-state index >= 15 is 0 Å². The molecule has 4 heteroatoms. The molecule has 1 aromatic rings. The number of nitrogens with zero attached hydrogens (tertiary/aromatic N) is 1. The number of hydrogen-bond acceptors (Lipinski definition) is 2. The largest absolute Gasteiger partial charge is 0.326 e. The van der Waals surface area contributed by atoms with Crippen molar-refractivity contribution in [1.29, 1.82) is 0 Å². The van der Waals surface area contributed by atoms with E-state index in [0.29, 0.717) is 10.0 Å². The fourth-order valence-corrected chi connectivity index (χ4v) is 2.98. The van der Waals surface area contributed by atoms with E-state index in [-0.39, 0.29) is 12.1 Å². The first-order valence-electron chi connectivity index (χ1n) is 5.57. The van der Waals surface area contributed by atoms with Crippen molar-refractivity contribution >= 4 is 23.2 Å². The average Bonchev–Trinajstić information content (AvgIpc) is 2.58. The standard InChI is InChI=1S/C12H16Cl2N2/c1-2-16-4-3-11(15)12(16)8-5-9(13)7-10(14)6-8/h5-7,11-12H,2-4,15H2,1H3. The Morgan fingerprint density at radius 3 is 2.50 bits per heavy atom. The third-order valence-electron chi connectivity index (χ3n) is 3.18. The molecule has 1 aliphatic heterocycles. The van der Waals surface area contributed by atoms with Crippen LogP contribution >= 0.6 is 23.2 Å². The van der Waals surface area contributed by atoms with Crippen LogP contribution in [0.4, 0.5) is 0 Å². The predicted molar refractivity (Wildman–Crippen MR) is 69.0 cm³/mol. The SMILES string of the molecule is CCN1CCC(N)C1c1cc(Cl)cc(Cl)c1. The minimum absolute atomic E-state index is 0.175. The summed E-state index contributed by atoms with van der Waals surface area (Å²) in [6.07, 6.45) is 1.03. The van der Waals surface area contributed by atoms with Crippen LogP contribution < -0.4 is 5.73 Å². The maximum atomic E-state index is 6.15. The summed E-state index contributed by atoms with van der Waals surface area (Å²) in [5.74, 6) is 0. The van der Waals surface area contributed by atoms with Crippen molar-refractivity contribution in [2.24, 2.45) is 5.73 Å². The number of likely N-dealkylation sites (N-methyl/N-ethyl adjacent to an activating group) is 1. The molecule has 0 bridgehead atoms. The Balaban J connectivity index is 2.34. The second-order valence-corrected chi connectivity index (χ2v) is 5.10. The zero-order valence-corrected chi connectivity index (χ0v) is 10.8. The van der Waals surface area contributed by atoms with Gasteiger partial charge in [0, 0.05) is 22.6 Å². The summed E-state index contributed by atoms with van der Waals surface area (Å²) in [4.78, 5) is 2.37. The lowest BCUT2D eigenvalue weighted by molar-refractivity contribution is 0.261. The van der Waals surface area contributed by atoms with E-state index in [1.54, 1.807) is 6.07 Å². The van der Waals surface area contributed by atoms with Crippen LogP contribution in [0.25, 0.3) is 0 Å². The normalized spacial score (nSPS) is 26.2. The molecule has 2 unspecified atom stereocenters. The van der Waals surface area contributed by atoms with Gasteiger partial charge in [0.15, 0.2) is 0 Å². The summed E-state index contributed by atoms with van der Waals surface area (Å²) < 4.78 is 0. The lowest BCUT2D eigenvalue weighted by atomic mass is 10.0. The molecule has 0 radical (unpaired) electrons. The Kier molecular flexibility index (Phi) is 3.75. The molecular weight excluding hydrogens is 243 g/mol. The van der Waals surface area contributed by atoms with Crippen LogP contribution in [0.3, 0.4) is 0 Å². The van der Waals surface area contributed by atoms with Gasteiger partial charge in [-0.25, -0.2) is 0 Å². The first-order valence-corrected chi connectivity index (χ1v) is 6.33. The van der Waals surface area contributed by atoms with Crippen LogP contribution in [0.2, 0.25) is 10.0 Å². The second kappa shape index (κ2) is 4.92. The number of likely N-dealkylation sites (tertiary alicyclic amines) is 1. The van der Waals surface area contributed by atoms with Crippen LogP contribution in [0, 0.1) is 0 Å². The van der Waals surface area contributed by atoms with E-state index in [2.05, 4.69) is 11.8 Å².